The van der Waals surface area contributed by atoms with Gasteiger partial charge in [-0.15, -0.1) is 23.2 Å². The number of hydrogen-bond acceptors (Lipinski definition) is 2. The number of anilines is 2. The molecule has 0 heterocycles. The summed E-state index contributed by atoms with van der Waals surface area (Å²) in [7, 11) is 0. The maximum Gasteiger partial charge on any atom is 0.257 e. The Kier molecular flexibility index (Phi) is 6.95. The Labute approximate surface area is 217 Å². The highest BCUT2D eigenvalue weighted by molar-refractivity contribution is 9.10. The van der Waals surface area contributed by atoms with E-state index in [0.717, 1.165) is 10.0 Å². The highest BCUT2D eigenvalue weighted by atomic mass is 79.9. The summed E-state index contributed by atoms with van der Waals surface area (Å²) in [5.41, 5.74) is 1.62. The van der Waals surface area contributed by atoms with Crippen LogP contribution in [0.15, 0.2) is 65.1 Å². The Morgan fingerprint density at radius 3 is 2.21 bits per heavy atom. The number of alkyl halides is 2. The van der Waals surface area contributed by atoms with Gasteiger partial charge in [-0.25, -0.2) is 4.39 Å². The highest BCUT2D eigenvalue weighted by Gasteiger charge is 2.67. The van der Waals surface area contributed by atoms with Gasteiger partial charge in [-0.1, -0.05) is 29.3 Å². The Bertz CT molecular complexity index is 1250. The van der Waals surface area contributed by atoms with E-state index in [1.165, 1.54) is 36.4 Å². The van der Waals surface area contributed by atoms with Crippen molar-refractivity contribution < 1.29 is 14.0 Å². The molecule has 0 spiro atoms. The summed E-state index contributed by atoms with van der Waals surface area (Å²) in [4.78, 5) is 25.6. The van der Waals surface area contributed by atoms with Crippen LogP contribution < -0.4 is 10.6 Å². The van der Waals surface area contributed by atoms with Crippen LogP contribution in [0.4, 0.5) is 15.8 Å². The molecule has 3 aromatic carbocycles. The minimum Gasteiger partial charge on any atom is -0.326 e. The molecule has 2 atom stereocenters. The van der Waals surface area contributed by atoms with Crippen LogP contribution in [0.25, 0.3) is 0 Å². The molecule has 0 aliphatic heterocycles. The number of nitrogens with one attached hydrogen (secondary N) is 2. The number of carbonyl (C=O) groups is 2. The molecule has 0 bridgehead atoms. The van der Waals surface area contributed by atoms with Crippen molar-refractivity contribution in [3.05, 3.63) is 92.1 Å². The molecule has 170 valence electrons. The fourth-order valence-corrected chi connectivity index (χ4v) is 4.97. The van der Waals surface area contributed by atoms with E-state index < -0.39 is 33.8 Å². The molecule has 3 aromatic rings. The van der Waals surface area contributed by atoms with Crippen molar-refractivity contribution in [2.75, 3.05) is 10.6 Å². The number of hydrogen-bond donors (Lipinski definition) is 2. The molecule has 1 aliphatic carbocycles. The van der Waals surface area contributed by atoms with Gasteiger partial charge in [0.2, 0.25) is 5.91 Å². The lowest BCUT2D eigenvalue weighted by Crippen LogP contribution is -2.18. The highest BCUT2D eigenvalue weighted by Crippen LogP contribution is 2.65. The van der Waals surface area contributed by atoms with E-state index in [-0.39, 0.29) is 10.6 Å². The Hall–Kier alpha value is -1.83. The van der Waals surface area contributed by atoms with E-state index in [0.29, 0.717) is 16.4 Å². The van der Waals surface area contributed by atoms with Crippen molar-refractivity contribution in [1.29, 1.82) is 0 Å². The average Bonchev–Trinajstić information content (AvgIpc) is 3.35. The van der Waals surface area contributed by atoms with Crippen molar-refractivity contribution in [1.82, 2.24) is 0 Å². The first-order valence-corrected chi connectivity index (χ1v) is 11.9. The fraction of sp³-hybridized carbons (Fsp3) is 0.130. The molecule has 10 heteroatoms. The van der Waals surface area contributed by atoms with Crippen molar-refractivity contribution in [3.8, 4) is 0 Å². The number of benzene rings is 3. The second-order valence-electron chi connectivity index (χ2n) is 7.45. The van der Waals surface area contributed by atoms with E-state index in [1.807, 2.05) is 0 Å². The van der Waals surface area contributed by atoms with Gasteiger partial charge in [0.1, 0.15) is 10.2 Å². The Morgan fingerprint density at radius 2 is 1.55 bits per heavy atom. The van der Waals surface area contributed by atoms with E-state index >= 15 is 0 Å². The predicted octanol–water partition coefficient (Wildman–Crippen LogP) is 7.67. The van der Waals surface area contributed by atoms with Crippen LogP contribution in [0, 0.1) is 11.7 Å². The third-order valence-corrected chi connectivity index (χ3v) is 7.72. The Morgan fingerprint density at radius 1 is 0.879 bits per heavy atom. The van der Waals surface area contributed by atoms with Crippen LogP contribution in [0.3, 0.4) is 0 Å². The van der Waals surface area contributed by atoms with Gasteiger partial charge in [0.25, 0.3) is 5.91 Å². The molecular weight excluding hydrogens is 577 g/mol. The summed E-state index contributed by atoms with van der Waals surface area (Å²) in [5.74, 6) is -2.50. The molecule has 0 saturated heterocycles. The van der Waals surface area contributed by atoms with Gasteiger partial charge in [-0.3, -0.25) is 9.59 Å². The number of amides is 2. The molecule has 33 heavy (non-hydrogen) atoms. The average molecular weight is 591 g/mol. The molecular formula is C23H14BrCl4FN2O2. The monoisotopic (exact) mass is 588 g/mol. The van der Waals surface area contributed by atoms with E-state index in [2.05, 4.69) is 26.6 Å². The van der Waals surface area contributed by atoms with E-state index in [9.17, 15) is 14.0 Å². The van der Waals surface area contributed by atoms with Gasteiger partial charge < -0.3 is 10.6 Å². The molecule has 2 unspecified atom stereocenters. The second-order valence-corrected chi connectivity index (χ2v) is 10.6. The first-order chi connectivity index (χ1) is 15.6. The zero-order valence-electron chi connectivity index (χ0n) is 16.5. The molecule has 0 aromatic heterocycles. The van der Waals surface area contributed by atoms with Gasteiger partial charge in [0.05, 0.1) is 21.5 Å². The maximum atomic E-state index is 13.1. The van der Waals surface area contributed by atoms with Crippen LogP contribution in [-0.4, -0.2) is 16.1 Å². The van der Waals surface area contributed by atoms with Gasteiger partial charge in [-0.2, -0.15) is 0 Å². The predicted molar refractivity (Wildman–Crippen MR) is 134 cm³/mol. The smallest absolute Gasteiger partial charge is 0.257 e. The van der Waals surface area contributed by atoms with Gasteiger partial charge in [0.15, 0.2) is 0 Å². The molecule has 0 radical (unpaired) electrons. The van der Waals surface area contributed by atoms with Gasteiger partial charge in [-0.05, 0) is 76.1 Å². The van der Waals surface area contributed by atoms with Crippen molar-refractivity contribution >= 4 is 85.5 Å². The zero-order valence-corrected chi connectivity index (χ0v) is 21.1. The normalized spacial score (nSPS) is 18.5. The summed E-state index contributed by atoms with van der Waals surface area (Å²) < 4.78 is 12.5. The SMILES string of the molecule is O=C(Nc1ccc(F)cc1)c1cc(NC(=O)C2C(c3ccc(Br)c(Cl)c3)C2(Cl)Cl)ccc1Cl. The lowest BCUT2D eigenvalue weighted by Gasteiger charge is -2.10. The summed E-state index contributed by atoms with van der Waals surface area (Å²) in [5, 5.41) is 6.04. The van der Waals surface area contributed by atoms with Gasteiger partial charge in [0, 0.05) is 21.8 Å². The zero-order chi connectivity index (χ0) is 23.9. The largest absolute Gasteiger partial charge is 0.326 e. The van der Waals surface area contributed by atoms with Crippen molar-refractivity contribution in [2.24, 2.45) is 5.92 Å². The summed E-state index contributed by atoms with van der Waals surface area (Å²) in [6.07, 6.45) is 0. The minimum atomic E-state index is -1.30. The van der Waals surface area contributed by atoms with Crippen molar-refractivity contribution in [2.45, 2.75) is 10.3 Å². The number of rotatable bonds is 5. The molecule has 1 fully saturated rings. The molecule has 2 N–H and O–H groups in total. The minimum absolute atomic E-state index is 0.133. The third kappa shape index (κ3) is 5.15. The number of carbonyl (C=O) groups excluding carboxylic acids is 2. The van der Waals surface area contributed by atoms with E-state index in [4.69, 9.17) is 46.4 Å². The molecule has 4 rings (SSSR count). The quantitative estimate of drug-likeness (QED) is 0.300. The summed E-state index contributed by atoms with van der Waals surface area (Å²) in [6, 6.07) is 15.1. The first-order valence-electron chi connectivity index (χ1n) is 9.58. The standard InChI is InChI=1S/C23H14BrCl4FN2O2/c24-16-7-1-11(9-18(16)26)19-20(23(19,27)28)22(33)31-14-6-8-17(25)15(10-14)21(32)30-13-4-2-12(29)3-5-13/h1-10,19-20H,(H,30,32)(H,31,33). The fourth-order valence-electron chi connectivity index (χ4n) is 3.50. The molecule has 1 aliphatic rings. The molecule has 4 nitrogen and oxygen atoms in total. The lowest BCUT2D eigenvalue weighted by atomic mass is 10.1. The lowest BCUT2D eigenvalue weighted by molar-refractivity contribution is -0.117. The number of halogens is 6. The van der Waals surface area contributed by atoms with Crippen LogP contribution in [0.1, 0.15) is 21.8 Å². The molecule has 2 amide bonds. The van der Waals surface area contributed by atoms with E-state index in [1.54, 1.807) is 24.3 Å². The van der Waals surface area contributed by atoms with Gasteiger partial charge >= 0.3 is 0 Å². The van der Waals surface area contributed by atoms with Crippen LogP contribution in [-0.2, 0) is 4.79 Å². The van der Waals surface area contributed by atoms with Crippen LogP contribution >= 0.6 is 62.3 Å². The first kappa shape index (κ1) is 24.3. The van der Waals surface area contributed by atoms with Crippen LogP contribution in [0.5, 0.6) is 0 Å². The second kappa shape index (κ2) is 9.43. The topological polar surface area (TPSA) is 58.2 Å². The third-order valence-electron chi connectivity index (χ3n) is 5.22. The van der Waals surface area contributed by atoms with Crippen LogP contribution in [0.2, 0.25) is 10.0 Å². The maximum absolute atomic E-state index is 13.1. The Balaban J connectivity index is 1.50. The molecule has 1 saturated carbocycles. The summed E-state index contributed by atoms with van der Waals surface area (Å²) >= 11 is 28.5. The van der Waals surface area contributed by atoms with Crippen molar-refractivity contribution in [3.63, 3.8) is 0 Å². The summed E-state index contributed by atoms with van der Waals surface area (Å²) in [6.45, 7) is 0.